The predicted molar refractivity (Wildman–Crippen MR) is 93.9 cm³/mol. The van der Waals surface area contributed by atoms with Crippen LogP contribution in [0, 0.1) is 0 Å². The van der Waals surface area contributed by atoms with Gasteiger partial charge >= 0.3 is 0 Å². The summed E-state index contributed by atoms with van der Waals surface area (Å²) in [6.45, 7) is 0.885. The van der Waals surface area contributed by atoms with Gasteiger partial charge in [-0.3, -0.25) is 0 Å². The zero-order valence-electron chi connectivity index (χ0n) is 13.4. The Morgan fingerprint density at radius 3 is 1.83 bits per heavy atom. The van der Waals surface area contributed by atoms with E-state index in [0.717, 1.165) is 22.4 Å². The van der Waals surface area contributed by atoms with Crippen molar-refractivity contribution in [3.63, 3.8) is 0 Å². The molecule has 0 aromatic heterocycles. The van der Waals surface area contributed by atoms with Crippen LogP contribution >= 0.6 is 0 Å². The maximum atomic E-state index is 9.49. The van der Waals surface area contributed by atoms with Crippen LogP contribution in [0.2, 0.25) is 0 Å². The van der Waals surface area contributed by atoms with Gasteiger partial charge in [0.05, 0.1) is 6.61 Å². The lowest BCUT2D eigenvalue weighted by Gasteiger charge is -2.13. The maximum Gasteiger partial charge on any atom is 0.129 e. The van der Waals surface area contributed by atoms with Crippen molar-refractivity contribution in [3.8, 4) is 11.5 Å². The highest BCUT2D eigenvalue weighted by Gasteiger charge is 2.06. The fraction of sp³-hybridized carbons (Fsp3) is 0.143. The quantitative estimate of drug-likeness (QED) is 0.704. The van der Waals surface area contributed by atoms with E-state index in [-0.39, 0.29) is 6.61 Å². The summed E-state index contributed by atoms with van der Waals surface area (Å²) in [5, 5.41) is 9.49. The molecule has 0 bridgehead atoms. The first-order chi connectivity index (χ1) is 11.8. The van der Waals surface area contributed by atoms with E-state index < -0.39 is 0 Å². The first-order valence-electron chi connectivity index (χ1n) is 7.92. The normalized spacial score (nSPS) is 10.4. The van der Waals surface area contributed by atoms with Crippen molar-refractivity contribution in [2.24, 2.45) is 0 Å². The lowest BCUT2D eigenvalue weighted by atomic mass is 10.2. The predicted octanol–water partition coefficient (Wildman–Crippen LogP) is 4.34. The summed E-state index contributed by atoms with van der Waals surface area (Å²) >= 11 is 0. The zero-order valence-corrected chi connectivity index (χ0v) is 13.4. The second-order valence-electron chi connectivity index (χ2n) is 5.48. The summed E-state index contributed by atoms with van der Waals surface area (Å²) in [6.07, 6.45) is 0. The summed E-state index contributed by atoms with van der Waals surface area (Å²) in [7, 11) is 0. The Labute approximate surface area is 142 Å². The van der Waals surface area contributed by atoms with Gasteiger partial charge in [-0.05, 0) is 23.3 Å². The number of benzene rings is 3. The molecule has 0 unspecified atom stereocenters. The van der Waals surface area contributed by atoms with Crippen molar-refractivity contribution in [1.29, 1.82) is 0 Å². The second kappa shape index (κ2) is 8.18. The van der Waals surface area contributed by atoms with Gasteiger partial charge in [-0.15, -0.1) is 0 Å². The van der Waals surface area contributed by atoms with Crippen molar-refractivity contribution < 1.29 is 14.6 Å². The van der Waals surface area contributed by atoms with Gasteiger partial charge in [0.15, 0.2) is 0 Å². The van der Waals surface area contributed by atoms with E-state index >= 15 is 0 Å². The third kappa shape index (κ3) is 4.37. The van der Waals surface area contributed by atoms with Crippen LogP contribution in [0.3, 0.4) is 0 Å². The van der Waals surface area contributed by atoms with Crippen molar-refractivity contribution >= 4 is 0 Å². The molecular weight excluding hydrogens is 300 g/mol. The zero-order chi connectivity index (χ0) is 16.6. The maximum absolute atomic E-state index is 9.49. The highest BCUT2D eigenvalue weighted by molar-refractivity contribution is 5.40. The molecule has 3 aromatic rings. The molecule has 3 nitrogen and oxygen atoms in total. The molecule has 0 saturated heterocycles. The molecular formula is C21H20O3. The number of rotatable bonds is 7. The average Bonchev–Trinajstić information content (AvgIpc) is 2.66. The van der Waals surface area contributed by atoms with E-state index in [1.807, 2.05) is 78.9 Å². The highest BCUT2D eigenvalue weighted by atomic mass is 16.5. The fourth-order valence-electron chi connectivity index (χ4n) is 2.37. The Hall–Kier alpha value is -2.78. The Balaban J connectivity index is 1.68. The minimum absolute atomic E-state index is 0.0664. The molecule has 24 heavy (non-hydrogen) atoms. The minimum Gasteiger partial charge on any atom is -0.489 e. The molecule has 0 aliphatic rings. The highest BCUT2D eigenvalue weighted by Crippen LogP contribution is 2.26. The van der Waals surface area contributed by atoms with E-state index in [1.54, 1.807) is 0 Å². The number of ether oxygens (including phenoxy) is 2. The Bertz CT molecular complexity index is 755. The summed E-state index contributed by atoms with van der Waals surface area (Å²) < 4.78 is 11.7. The van der Waals surface area contributed by atoms with Crippen LogP contribution in [0.4, 0.5) is 0 Å². The van der Waals surface area contributed by atoms with Gasteiger partial charge in [0.2, 0.25) is 0 Å². The van der Waals surface area contributed by atoms with Gasteiger partial charge in [-0.25, -0.2) is 0 Å². The fourth-order valence-corrected chi connectivity index (χ4v) is 2.37. The van der Waals surface area contributed by atoms with Crippen molar-refractivity contribution in [3.05, 3.63) is 95.6 Å². The summed E-state index contributed by atoms with van der Waals surface area (Å²) in [4.78, 5) is 0. The Morgan fingerprint density at radius 1 is 0.667 bits per heavy atom. The number of aliphatic hydroxyl groups is 1. The molecule has 0 spiro atoms. The molecule has 0 fully saturated rings. The van der Waals surface area contributed by atoms with Gasteiger partial charge in [0.25, 0.3) is 0 Å². The van der Waals surface area contributed by atoms with E-state index in [2.05, 4.69) is 0 Å². The topological polar surface area (TPSA) is 38.7 Å². The number of hydrogen-bond donors (Lipinski definition) is 1. The standard InChI is InChI=1S/C21H20O3/c22-14-19-11-12-20(23-15-17-7-3-1-4-8-17)13-21(19)24-16-18-9-5-2-6-10-18/h1-13,22H,14-16H2. The van der Waals surface area contributed by atoms with Gasteiger partial charge in [-0.1, -0.05) is 60.7 Å². The smallest absolute Gasteiger partial charge is 0.129 e. The molecule has 122 valence electrons. The molecule has 0 heterocycles. The molecule has 0 aliphatic carbocycles. The van der Waals surface area contributed by atoms with E-state index in [9.17, 15) is 5.11 Å². The lowest BCUT2D eigenvalue weighted by Crippen LogP contribution is -2.00. The summed E-state index contributed by atoms with van der Waals surface area (Å²) in [6, 6.07) is 25.5. The molecule has 0 radical (unpaired) electrons. The largest absolute Gasteiger partial charge is 0.489 e. The van der Waals surface area contributed by atoms with Crippen LogP contribution < -0.4 is 9.47 Å². The van der Waals surface area contributed by atoms with Gasteiger partial charge < -0.3 is 14.6 Å². The van der Waals surface area contributed by atoms with E-state index in [0.29, 0.717) is 19.0 Å². The van der Waals surface area contributed by atoms with Crippen LogP contribution in [0.1, 0.15) is 16.7 Å². The van der Waals surface area contributed by atoms with E-state index in [4.69, 9.17) is 9.47 Å². The van der Waals surface area contributed by atoms with Crippen LogP contribution in [-0.4, -0.2) is 5.11 Å². The van der Waals surface area contributed by atoms with Crippen LogP contribution in [0.5, 0.6) is 11.5 Å². The molecule has 1 N–H and O–H groups in total. The van der Waals surface area contributed by atoms with Crippen LogP contribution in [-0.2, 0) is 19.8 Å². The Kier molecular flexibility index (Phi) is 5.48. The number of hydrogen-bond acceptors (Lipinski definition) is 3. The molecule has 0 amide bonds. The van der Waals surface area contributed by atoms with Gasteiger partial charge in [0, 0.05) is 11.6 Å². The van der Waals surface area contributed by atoms with Crippen molar-refractivity contribution in [1.82, 2.24) is 0 Å². The second-order valence-corrected chi connectivity index (χ2v) is 5.48. The van der Waals surface area contributed by atoms with E-state index in [1.165, 1.54) is 0 Å². The monoisotopic (exact) mass is 320 g/mol. The number of aliphatic hydroxyl groups excluding tert-OH is 1. The summed E-state index contributed by atoms with van der Waals surface area (Å²) in [5.74, 6) is 1.37. The SMILES string of the molecule is OCc1ccc(OCc2ccccc2)cc1OCc1ccccc1. The summed E-state index contributed by atoms with van der Waals surface area (Å²) in [5.41, 5.74) is 2.94. The molecule has 0 aliphatic heterocycles. The first-order valence-corrected chi connectivity index (χ1v) is 7.92. The lowest BCUT2D eigenvalue weighted by molar-refractivity contribution is 0.255. The minimum atomic E-state index is -0.0664. The van der Waals surface area contributed by atoms with Crippen molar-refractivity contribution in [2.75, 3.05) is 0 Å². The molecule has 3 aromatic carbocycles. The van der Waals surface area contributed by atoms with Gasteiger partial charge in [-0.2, -0.15) is 0 Å². The molecule has 0 saturated carbocycles. The van der Waals surface area contributed by atoms with Crippen LogP contribution in [0.25, 0.3) is 0 Å². The first kappa shape index (κ1) is 16.1. The van der Waals surface area contributed by atoms with Crippen LogP contribution in [0.15, 0.2) is 78.9 Å². The molecule has 0 atom stereocenters. The average molecular weight is 320 g/mol. The third-order valence-corrected chi connectivity index (χ3v) is 3.69. The van der Waals surface area contributed by atoms with Gasteiger partial charge in [0.1, 0.15) is 24.7 Å². The Morgan fingerprint density at radius 2 is 1.25 bits per heavy atom. The molecule has 3 rings (SSSR count). The molecule has 3 heteroatoms. The third-order valence-electron chi connectivity index (χ3n) is 3.69. The van der Waals surface area contributed by atoms with Crippen molar-refractivity contribution in [2.45, 2.75) is 19.8 Å².